The molecule has 1 fully saturated rings. The van der Waals surface area contributed by atoms with Crippen molar-refractivity contribution in [2.45, 2.75) is 113 Å². The lowest BCUT2D eigenvalue weighted by atomic mass is 9.99. The molecule has 13 nitrogen and oxygen atoms in total. The molecule has 9 atom stereocenters. The molecule has 13 heteroatoms. The minimum Gasteiger partial charge on any atom is -0.481 e. The van der Waals surface area contributed by atoms with Crippen molar-refractivity contribution in [2.24, 2.45) is 0 Å². The van der Waals surface area contributed by atoms with E-state index in [0.717, 1.165) is 12.8 Å². The molecule has 0 aromatic carbocycles. The minimum atomic E-state index is -1.70. The predicted octanol–water partition coefficient (Wildman–Crippen LogP) is 1.93. The highest BCUT2D eigenvalue weighted by Gasteiger charge is 2.45. The number of carbonyl (C=O) groups is 3. The van der Waals surface area contributed by atoms with Gasteiger partial charge in [0.05, 0.1) is 37.3 Å². The number of carbonyl (C=O) groups excluding carboxylic acids is 2. The first kappa shape index (κ1) is 39.7. The summed E-state index contributed by atoms with van der Waals surface area (Å²) in [6, 6.07) is 0. The molecule has 47 heavy (non-hydrogen) atoms. The number of aliphatic hydroxyl groups is 5. The van der Waals surface area contributed by atoms with Crippen molar-refractivity contribution < 1.29 is 64.0 Å². The van der Waals surface area contributed by atoms with Crippen molar-refractivity contribution in [1.82, 2.24) is 0 Å². The third-order valence-corrected chi connectivity index (χ3v) is 7.15. The lowest BCUT2D eigenvalue weighted by Crippen LogP contribution is -2.59. The van der Waals surface area contributed by atoms with E-state index in [-0.39, 0.29) is 25.4 Å². The fraction of sp³-hybridized carbons (Fsp3) is 0.559. The van der Waals surface area contributed by atoms with Gasteiger partial charge in [-0.15, -0.1) is 0 Å². The molecule has 0 bridgehead atoms. The zero-order valence-electron chi connectivity index (χ0n) is 26.5. The Kier molecular flexibility index (Phi) is 18.8. The zero-order chi connectivity index (χ0) is 34.6. The van der Waals surface area contributed by atoms with E-state index in [9.17, 15) is 39.9 Å². The Morgan fingerprint density at radius 3 is 2.34 bits per heavy atom. The molecule has 2 heterocycles. The Hall–Kier alpha value is -3.43. The van der Waals surface area contributed by atoms with E-state index in [1.54, 1.807) is 48.6 Å². The summed E-state index contributed by atoms with van der Waals surface area (Å²) in [4.78, 5) is 34.7. The maximum Gasteiger partial charge on any atom is 0.331 e. The van der Waals surface area contributed by atoms with Gasteiger partial charge in [0.15, 0.2) is 6.29 Å². The molecule has 0 radical (unpaired) electrons. The van der Waals surface area contributed by atoms with Crippen LogP contribution < -0.4 is 0 Å². The van der Waals surface area contributed by atoms with Crippen LogP contribution in [0.4, 0.5) is 0 Å². The first-order valence-corrected chi connectivity index (χ1v) is 15.7. The number of cyclic esters (lactones) is 1. The molecular formula is C34H48O13. The first-order valence-electron chi connectivity index (χ1n) is 15.7. The molecule has 0 amide bonds. The monoisotopic (exact) mass is 664 g/mol. The number of aliphatic carboxylic acids is 1. The molecule has 2 rings (SSSR count). The number of hydrogen-bond acceptors (Lipinski definition) is 12. The lowest BCUT2D eigenvalue weighted by molar-refractivity contribution is -0.307. The van der Waals surface area contributed by atoms with Gasteiger partial charge in [-0.1, -0.05) is 66.8 Å². The Morgan fingerprint density at radius 2 is 1.57 bits per heavy atom. The second-order valence-corrected chi connectivity index (χ2v) is 11.3. The van der Waals surface area contributed by atoms with Crippen LogP contribution in [0.5, 0.6) is 0 Å². The smallest absolute Gasteiger partial charge is 0.331 e. The van der Waals surface area contributed by atoms with Crippen LogP contribution in [0.25, 0.3) is 0 Å². The van der Waals surface area contributed by atoms with Gasteiger partial charge in [-0.3, -0.25) is 9.59 Å². The summed E-state index contributed by atoms with van der Waals surface area (Å²) in [7, 11) is 0. The van der Waals surface area contributed by atoms with Crippen LogP contribution in [0.2, 0.25) is 0 Å². The van der Waals surface area contributed by atoms with Crippen LogP contribution >= 0.6 is 0 Å². The van der Waals surface area contributed by atoms with E-state index >= 15 is 0 Å². The zero-order valence-corrected chi connectivity index (χ0v) is 26.5. The average Bonchev–Trinajstić information content (AvgIpc) is 3.01. The van der Waals surface area contributed by atoms with Crippen LogP contribution in [0, 0.1) is 0 Å². The number of allylic oxidation sites excluding steroid dienone is 7. The fourth-order valence-electron chi connectivity index (χ4n) is 4.54. The Labute approximate surface area is 274 Å². The Bertz CT molecular complexity index is 1140. The summed E-state index contributed by atoms with van der Waals surface area (Å²) in [5.74, 6) is -2.52. The summed E-state index contributed by atoms with van der Waals surface area (Å²) < 4.78 is 21.9. The summed E-state index contributed by atoms with van der Waals surface area (Å²) in [6.07, 6.45) is 11.5. The van der Waals surface area contributed by atoms with Crippen molar-refractivity contribution in [3.8, 4) is 0 Å². The maximum atomic E-state index is 12.2. The van der Waals surface area contributed by atoms with Crippen LogP contribution in [0.15, 0.2) is 72.9 Å². The standard InChI is InChI=1S/C34H48O13/c1-23-13-7-3-2-4-8-14-24(35)21-25(36)15-9-5-10-16-26(17-11-6-12-18-30(40)45-23)46-34-33(43)32(42)31(41)27(47-34)22-44-29(39)20-19-28(37)38/h2,4-6,8-12,14,16,18,23-27,31-36,41-43H,3,7,13,15,17,19-22H2,1H3,(H,37,38)/b4-2+,9-5-,11-6+,14-8+,16-10+,18-12-/t23-,24+,25+,26-,27+,31+,32-,33+,34+/m1/s1. The Balaban J connectivity index is 2.14. The molecule has 2 aliphatic heterocycles. The van der Waals surface area contributed by atoms with Crippen molar-refractivity contribution in [3.63, 3.8) is 0 Å². The summed E-state index contributed by atoms with van der Waals surface area (Å²) in [5, 5.41) is 60.5. The molecule has 262 valence electrons. The quantitative estimate of drug-likeness (QED) is 0.215. The molecule has 0 aromatic heterocycles. The summed E-state index contributed by atoms with van der Waals surface area (Å²) >= 11 is 0. The van der Waals surface area contributed by atoms with Crippen molar-refractivity contribution in [1.29, 1.82) is 0 Å². The summed E-state index contributed by atoms with van der Waals surface area (Å²) in [6.45, 7) is 1.29. The second kappa shape index (κ2) is 22.2. The van der Waals surface area contributed by atoms with Gasteiger partial charge in [-0.05, 0) is 39.0 Å². The van der Waals surface area contributed by atoms with Crippen molar-refractivity contribution in [3.05, 3.63) is 72.9 Å². The molecule has 2 aliphatic rings. The largest absolute Gasteiger partial charge is 0.481 e. The maximum absolute atomic E-state index is 12.2. The van der Waals surface area contributed by atoms with E-state index in [1.165, 1.54) is 12.2 Å². The molecule has 0 saturated carbocycles. The van der Waals surface area contributed by atoms with E-state index in [0.29, 0.717) is 6.42 Å². The number of rotatable bonds is 7. The van der Waals surface area contributed by atoms with E-state index < -0.39 is 86.4 Å². The van der Waals surface area contributed by atoms with E-state index in [2.05, 4.69) is 0 Å². The lowest BCUT2D eigenvalue weighted by Gasteiger charge is -2.40. The van der Waals surface area contributed by atoms with Gasteiger partial charge < -0.3 is 49.6 Å². The van der Waals surface area contributed by atoms with Gasteiger partial charge in [0, 0.05) is 12.5 Å². The van der Waals surface area contributed by atoms with E-state index in [4.69, 9.17) is 24.1 Å². The van der Waals surface area contributed by atoms with Gasteiger partial charge in [0.2, 0.25) is 0 Å². The third kappa shape index (κ3) is 16.8. The molecule has 6 N–H and O–H groups in total. The van der Waals surface area contributed by atoms with Gasteiger partial charge >= 0.3 is 17.9 Å². The highest BCUT2D eigenvalue weighted by Crippen LogP contribution is 2.25. The van der Waals surface area contributed by atoms with Crippen LogP contribution in [-0.2, 0) is 33.3 Å². The van der Waals surface area contributed by atoms with Gasteiger partial charge in [-0.2, -0.15) is 0 Å². The second-order valence-electron chi connectivity index (χ2n) is 11.3. The third-order valence-electron chi connectivity index (χ3n) is 7.15. The molecule has 0 aromatic rings. The minimum absolute atomic E-state index is 0.145. The van der Waals surface area contributed by atoms with Crippen molar-refractivity contribution in [2.75, 3.05) is 6.61 Å². The number of ether oxygens (including phenoxy) is 4. The van der Waals surface area contributed by atoms with Gasteiger partial charge in [-0.25, -0.2) is 4.79 Å². The highest BCUT2D eigenvalue weighted by molar-refractivity contribution is 5.82. The summed E-state index contributed by atoms with van der Waals surface area (Å²) in [5.41, 5.74) is 0. The first-order chi connectivity index (χ1) is 22.5. The topological polar surface area (TPSA) is 210 Å². The van der Waals surface area contributed by atoms with Crippen LogP contribution in [0.3, 0.4) is 0 Å². The van der Waals surface area contributed by atoms with Crippen LogP contribution in [0.1, 0.15) is 58.3 Å². The van der Waals surface area contributed by atoms with E-state index in [1.807, 2.05) is 19.1 Å². The van der Waals surface area contributed by atoms with Gasteiger partial charge in [0.1, 0.15) is 31.0 Å². The number of esters is 2. The molecule has 0 spiro atoms. The average molecular weight is 665 g/mol. The fourth-order valence-corrected chi connectivity index (χ4v) is 4.54. The normalized spacial score (nSPS) is 36.0. The number of aliphatic hydroxyl groups excluding tert-OH is 5. The SMILES string of the molecule is C[C@@H]1CCC/C=C/C=C/[C@H](O)C[C@@H](O)C/C=C\C=C\[C@@H](O[C@H]2O[C@@H](COC(=O)CCC(=O)O)[C@H](O)[C@@H](O)[C@@H]2O)C/C=C/C=C\C(=O)O1. The molecular weight excluding hydrogens is 616 g/mol. The molecule has 0 unspecified atom stereocenters. The highest BCUT2D eigenvalue weighted by atomic mass is 16.7. The van der Waals surface area contributed by atoms with Gasteiger partial charge in [0.25, 0.3) is 0 Å². The van der Waals surface area contributed by atoms with Crippen molar-refractivity contribution >= 4 is 17.9 Å². The molecule has 1 saturated heterocycles. The number of hydrogen-bond donors (Lipinski definition) is 6. The number of carboxylic acid groups (broad SMARTS) is 1. The number of carboxylic acids is 1. The molecule has 0 aliphatic carbocycles. The predicted molar refractivity (Wildman–Crippen MR) is 169 cm³/mol. The van der Waals surface area contributed by atoms with Crippen LogP contribution in [-0.4, -0.2) is 110 Å². The Morgan fingerprint density at radius 1 is 0.872 bits per heavy atom.